The van der Waals surface area contributed by atoms with Gasteiger partial charge in [-0.05, 0) is 24.1 Å². The third kappa shape index (κ3) is 2.04. The Morgan fingerprint density at radius 2 is 2.00 bits per heavy atom. The molecule has 0 atom stereocenters. The van der Waals surface area contributed by atoms with E-state index >= 15 is 0 Å². The largest absolute Gasteiger partial charge is 0.382 e. The lowest BCUT2D eigenvalue weighted by molar-refractivity contribution is 0.869. The summed E-state index contributed by atoms with van der Waals surface area (Å²) in [6, 6.07) is 7.64. The summed E-state index contributed by atoms with van der Waals surface area (Å²) < 4.78 is 0. The van der Waals surface area contributed by atoms with Gasteiger partial charge in [-0.15, -0.1) is 0 Å². The number of aromatic nitrogens is 2. The lowest BCUT2D eigenvalue weighted by atomic mass is 10.0. The van der Waals surface area contributed by atoms with Gasteiger partial charge in [-0.2, -0.15) is 5.10 Å². The maximum atomic E-state index is 5.87. The summed E-state index contributed by atoms with van der Waals surface area (Å²) in [4.78, 5) is 0. The second kappa shape index (κ2) is 4.58. The van der Waals surface area contributed by atoms with E-state index in [2.05, 4.69) is 17.1 Å². The number of aryl methyl sites for hydroxylation is 1. The van der Waals surface area contributed by atoms with Crippen molar-refractivity contribution in [3.63, 3.8) is 0 Å². The SMILES string of the molecule is CCCc1[nH]nc(N)c1-c1ccc(Cl)cc1. The fourth-order valence-corrected chi connectivity index (χ4v) is 1.89. The Morgan fingerprint density at radius 3 is 2.62 bits per heavy atom. The summed E-state index contributed by atoms with van der Waals surface area (Å²) in [6.07, 6.45) is 2.00. The van der Waals surface area contributed by atoms with E-state index in [9.17, 15) is 0 Å². The zero-order valence-corrected chi connectivity index (χ0v) is 9.88. The molecule has 16 heavy (non-hydrogen) atoms. The van der Waals surface area contributed by atoms with E-state index in [-0.39, 0.29) is 0 Å². The first-order valence-electron chi connectivity index (χ1n) is 5.31. The van der Waals surface area contributed by atoms with Crippen molar-refractivity contribution >= 4 is 17.4 Å². The molecule has 0 bridgehead atoms. The van der Waals surface area contributed by atoms with Crippen LogP contribution >= 0.6 is 11.6 Å². The first-order chi connectivity index (χ1) is 7.72. The van der Waals surface area contributed by atoms with Gasteiger partial charge in [-0.1, -0.05) is 37.1 Å². The van der Waals surface area contributed by atoms with E-state index in [1.807, 2.05) is 24.3 Å². The van der Waals surface area contributed by atoms with E-state index < -0.39 is 0 Å². The predicted octanol–water partition coefficient (Wildman–Crippen LogP) is 3.26. The van der Waals surface area contributed by atoms with E-state index in [4.69, 9.17) is 17.3 Å². The Labute approximate surface area is 99.6 Å². The number of nitrogens with zero attached hydrogens (tertiary/aromatic N) is 1. The fourth-order valence-electron chi connectivity index (χ4n) is 1.76. The first kappa shape index (κ1) is 11.0. The number of nitrogens with one attached hydrogen (secondary N) is 1. The van der Waals surface area contributed by atoms with Gasteiger partial charge in [0, 0.05) is 16.3 Å². The van der Waals surface area contributed by atoms with Crippen molar-refractivity contribution in [2.45, 2.75) is 19.8 Å². The number of halogens is 1. The number of aromatic amines is 1. The average Bonchev–Trinajstić information content (AvgIpc) is 2.62. The van der Waals surface area contributed by atoms with Crippen LogP contribution in [0.25, 0.3) is 11.1 Å². The summed E-state index contributed by atoms with van der Waals surface area (Å²) in [6.45, 7) is 2.13. The summed E-state index contributed by atoms with van der Waals surface area (Å²) in [7, 11) is 0. The number of benzene rings is 1. The van der Waals surface area contributed by atoms with Crippen molar-refractivity contribution in [1.82, 2.24) is 10.2 Å². The van der Waals surface area contributed by atoms with Crippen molar-refractivity contribution in [2.75, 3.05) is 5.73 Å². The van der Waals surface area contributed by atoms with Gasteiger partial charge in [0.1, 0.15) is 0 Å². The molecule has 0 fully saturated rings. The molecule has 0 radical (unpaired) electrons. The highest BCUT2D eigenvalue weighted by Crippen LogP contribution is 2.29. The van der Waals surface area contributed by atoms with E-state index in [1.54, 1.807) is 0 Å². The molecule has 1 aromatic heterocycles. The Balaban J connectivity index is 2.45. The van der Waals surface area contributed by atoms with Gasteiger partial charge in [-0.25, -0.2) is 0 Å². The van der Waals surface area contributed by atoms with Gasteiger partial charge in [-0.3, -0.25) is 5.10 Å². The highest BCUT2D eigenvalue weighted by Gasteiger charge is 2.11. The summed E-state index contributed by atoms with van der Waals surface area (Å²) in [5.41, 5.74) is 9.01. The number of hydrogen-bond acceptors (Lipinski definition) is 2. The topological polar surface area (TPSA) is 54.7 Å². The van der Waals surface area contributed by atoms with Crippen LogP contribution in [-0.2, 0) is 6.42 Å². The van der Waals surface area contributed by atoms with Crippen LogP contribution in [0.1, 0.15) is 19.0 Å². The Kier molecular flexibility index (Phi) is 3.15. The average molecular weight is 236 g/mol. The molecule has 2 rings (SSSR count). The molecule has 0 aliphatic carbocycles. The minimum absolute atomic E-state index is 0.547. The molecular weight excluding hydrogens is 222 g/mol. The van der Waals surface area contributed by atoms with Gasteiger partial charge < -0.3 is 5.73 Å². The Morgan fingerprint density at radius 1 is 1.31 bits per heavy atom. The lowest BCUT2D eigenvalue weighted by Crippen LogP contribution is -1.90. The van der Waals surface area contributed by atoms with Gasteiger partial charge in [0.05, 0.1) is 0 Å². The van der Waals surface area contributed by atoms with E-state index in [1.165, 1.54) is 0 Å². The van der Waals surface area contributed by atoms with Crippen LogP contribution in [0.15, 0.2) is 24.3 Å². The molecule has 0 unspecified atom stereocenters. The van der Waals surface area contributed by atoms with E-state index in [0.717, 1.165) is 34.7 Å². The Hall–Kier alpha value is -1.48. The van der Waals surface area contributed by atoms with Crippen molar-refractivity contribution in [3.05, 3.63) is 35.0 Å². The van der Waals surface area contributed by atoms with Gasteiger partial charge in [0.2, 0.25) is 0 Å². The zero-order chi connectivity index (χ0) is 11.5. The highest BCUT2D eigenvalue weighted by molar-refractivity contribution is 6.30. The van der Waals surface area contributed by atoms with Crippen LogP contribution in [0.3, 0.4) is 0 Å². The molecule has 3 N–H and O–H groups in total. The minimum Gasteiger partial charge on any atom is -0.382 e. The van der Waals surface area contributed by atoms with Crippen LogP contribution in [0, 0.1) is 0 Å². The monoisotopic (exact) mass is 235 g/mol. The van der Waals surface area contributed by atoms with E-state index in [0.29, 0.717) is 5.82 Å². The van der Waals surface area contributed by atoms with Crippen molar-refractivity contribution in [3.8, 4) is 11.1 Å². The third-order valence-corrected chi connectivity index (χ3v) is 2.75. The number of rotatable bonds is 3. The van der Waals surface area contributed by atoms with Crippen LogP contribution in [0.5, 0.6) is 0 Å². The first-order valence-corrected chi connectivity index (χ1v) is 5.68. The van der Waals surface area contributed by atoms with Gasteiger partial charge in [0.25, 0.3) is 0 Å². The summed E-state index contributed by atoms with van der Waals surface area (Å²) in [5.74, 6) is 0.547. The number of anilines is 1. The minimum atomic E-state index is 0.547. The zero-order valence-electron chi connectivity index (χ0n) is 9.13. The predicted molar refractivity (Wildman–Crippen MR) is 67.4 cm³/mol. The van der Waals surface area contributed by atoms with Gasteiger partial charge >= 0.3 is 0 Å². The van der Waals surface area contributed by atoms with Crippen LogP contribution in [0.4, 0.5) is 5.82 Å². The normalized spacial score (nSPS) is 10.6. The highest BCUT2D eigenvalue weighted by atomic mass is 35.5. The molecule has 1 aromatic carbocycles. The number of nitrogens with two attached hydrogens (primary N) is 1. The second-order valence-corrected chi connectivity index (χ2v) is 4.16. The lowest BCUT2D eigenvalue weighted by Gasteiger charge is -2.03. The maximum absolute atomic E-state index is 5.87. The summed E-state index contributed by atoms with van der Waals surface area (Å²) >= 11 is 5.86. The van der Waals surface area contributed by atoms with Crippen LogP contribution in [0.2, 0.25) is 5.02 Å². The molecule has 0 spiro atoms. The second-order valence-electron chi connectivity index (χ2n) is 3.72. The molecule has 0 aliphatic heterocycles. The molecule has 0 saturated carbocycles. The molecule has 4 heteroatoms. The maximum Gasteiger partial charge on any atom is 0.153 e. The quantitative estimate of drug-likeness (QED) is 0.858. The standard InChI is InChI=1S/C12H14ClN3/c1-2-3-10-11(12(14)16-15-10)8-4-6-9(13)7-5-8/h4-7H,2-3H2,1H3,(H3,14,15,16). The molecule has 84 valence electrons. The fraction of sp³-hybridized carbons (Fsp3) is 0.250. The number of hydrogen-bond donors (Lipinski definition) is 2. The van der Waals surface area contributed by atoms with Crippen LogP contribution < -0.4 is 5.73 Å². The molecule has 0 aliphatic rings. The smallest absolute Gasteiger partial charge is 0.153 e. The third-order valence-electron chi connectivity index (χ3n) is 2.50. The molecule has 3 nitrogen and oxygen atoms in total. The van der Waals surface area contributed by atoms with Crippen LogP contribution in [-0.4, -0.2) is 10.2 Å². The Bertz CT molecular complexity index is 474. The molecule has 0 amide bonds. The van der Waals surface area contributed by atoms with Gasteiger partial charge in [0.15, 0.2) is 5.82 Å². The molecule has 0 saturated heterocycles. The molecule has 2 aromatic rings. The van der Waals surface area contributed by atoms with Crippen molar-refractivity contribution < 1.29 is 0 Å². The number of nitrogen functional groups attached to an aromatic ring is 1. The summed E-state index contributed by atoms with van der Waals surface area (Å²) in [5, 5.41) is 7.76. The number of H-pyrrole nitrogens is 1. The van der Waals surface area contributed by atoms with Crippen molar-refractivity contribution in [2.24, 2.45) is 0 Å². The molecular formula is C12H14ClN3. The van der Waals surface area contributed by atoms with Crippen molar-refractivity contribution in [1.29, 1.82) is 0 Å². The molecule has 1 heterocycles.